The van der Waals surface area contributed by atoms with E-state index in [9.17, 15) is 9.59 Å². The predicted octanol–water partition coefficient (Wildman–Crippen LogP) is 10.5. The highest BCUT2D eigenvalue weighted by Gasteiger charge is 2.21. The van der Waals surface area contributed by atoms with Crippen LogP contribution < -0.4 is 25.8 Å². The molecule has 0 saturated carbocycles. The van der Waals surface area contributed by atoms with Crippen LogP contribution in [0.25, 0.3) is 21.5 Å². The molecule has 1 heterocycles. The molecule has 1 aliphatic heterocycles. The molecular formula is C44H49N3O4. The first-order valence-electron chi connectivity index (χ1n) is 17.4. The summed E-state index contributed by atoms with van der Waals surface area (Å²) in [5, 5.41) is 10.7. The summed E-state index contributed by atoms with van der Waals surface area (Å²) in [6.45, 7) is 14.5. The van der Waals surface area contributed by atoms with Gasteiger partial charge < -0.3 is 25.8 Å². The number of nitrogens with one attached hydrogen (secondary N) is 2. The van der Waals surface area contributed by atoms with E-state index in [4.69, 9.17) is 15.2 Å². The molecule has 6 aromatic carbocycles. The van der Waals surface area contributed by atoms with Gasteiger partial charge in [-0.1, -0.05) is 119 Å². The van der Waals surface area contributed by atoms with Crippen molar-refractivity contribution >= 4 is 45.2 Å². The van der Waals surface area contributed by atoms with E-state index in [1.165, 1.54) is 21.7 Å². The number of nitrogen functional groups attached to an aromatic ring is 1. The van der Waals surface area contributed by atoms with Crippen LogP contribution in [-0.4, -0.2) is 19.1 Å². The lowest BCUT2D eigenvalue weighted by Gasteiger charge is -2.17. The van der Waals surface area contributed by atoms with Gasteiger partial charge in [-0.05, 0) is 94.8 Å². The predicted molar refractivity (Wildman–Crippen MR) is 212 cm³/mol. The van der Waals surface area contributed by atoms with Crippen molar-refractivity contribution in [2.75, 3.05) is 17.8 Å². The minimum Gasteiger partial charge on any atom is -0.454 e. The van der Waals surface area contributed by atoms with Crippen molar-refractivity contribution in [2.24, 2.45) is 0 Å². The van der Waals surface area contributed by atoms with Crippen LogP contribution in [0.4, 0.5) is 11.4 Å². The van der Waals surface area contributed by atoms with E-state index in [1.807, 2.05) is 65.0 Å². The van der Waals surface area contributed by atoms with Gasteiger partial charge in [-0.25, -0.2) is 0 Å². The number of hydrogen-bond acceptors (Lipinski definition) is 5. The molecule has 0 fully saturated rings. The van der Waals surface area contributed by atoms with Crippen molar-refractivity contribution in [1.29, 1.82) is 0 Å². The number of benzene rings is 6. The van der Waals surface area contributed by atoms with Crippen LogP contribution in [0.5, 0.6) is 11.5 Å². The highest BCUT2D eigenvalue weighted by molar-refractivity contribution is 5.97. The van der Waals surface area contributed by atoms with Gasteiger partial charge in [-0.3, -0.25) is 9.59 Å². The fourth-order valence-electron chi connectivity index (χ4n) is 5.88. The molecule has 1 aliphatic rings. The fraction of sp³-hybridized carbons (Fsp3) is 0.227. The Morgan fingerprint density at radius 1 is 0.706 bits per heavy atom. The standard InChI is InChI=1S/C21H19NO3.C13H14.C8H10N2O.C2H6/c1-13-10-19-20(25-12-24-19)11-18(13)21(23)22-14(2)16-9-5-7-15-6-3-4-8-17(15)16;1-10(2)12-9-5-7-11-6-3-4-8-13(11)12;1-6-2-3-7(9)4-8(6)10-5-11;1-2/h3-11,14H,12H2,1-2H3,(H,22,23);3-10H,1-2H3;2-5H,9H2,1H3,(H,10,11);1-2H3. The van der Waals surface area contributed by atoms with E-state index < -0.39 is 0 Å². The Balaban J connectivity index is 0.000000188. The lowest BCUT2D eigenvalue weighted by atomic mass is 9.96. The Kier molecular flexibility index (Phi) is 13.6. The summed E-state index contributed by atoms with van der Waals surface area (Å²) in [5.41, 5.74) is 11.9. The lowest BCUT2D eigenvalue weighted by molar-refractivity contribution is -0.105. The van der Waals surface area contributed by atoms with Gasteiger partial charge in [-0.15, -0.1) is 0 Å². The smallest absolute Gasteiger partial charge is 0.252 e. The van der Waals surface area contributed by atoms with Crippen LogP contribution in [0.2, 0.25) is 0 Å². The molecule has 1 unspecified atom stereocenters. The maximum Gasteiger partial charge on any atom is 0.252 e. The molecule has 7 rings (SSSR count). The monoisotopic (exact) mass is 683 g/mol. The number of carbonyl (C=O) groups excluding carboxylic acids is 2. The average molecular weight is 684 g/mol. The summed E-state index contributed by atoms with van der Waals surface area (Å²) < 4.78 is 10.7. The third-order valence-corrected chi connectivity index (χ3v) is 8.52. The zero-order valence-corrected chi connectivity index (χ0v) is 30.6. The number of carbonyl (C=O) groups is 2. The SMILES string of the molecule is CC.CC(C)c1cccc2ccccc12.Cc1cc2c(cc1C(=O)NC(C)c1cccc3ccccc13)OCO2.Cc1ccc(N)cc1NC=O. The van der Waals surface area contributed by atoms with Crippen molar-refractivity contribution in [1.82, 2.24) is 5.32 Å². The van der Waals surface area contributed by atoms with Gasteiger partial charge in [-0.2, -0.15) is 0 Å². The van der Waals surface area contributed by atoms with E-state index in [1.54, 1.807) is 18.2 Å². The van der Waals surface area contributed by atoms with Crippen LogP contribution in [-0.2, 0) is 4.79 Å². The molecule has 0 aliphatic carbocycles. The van der Waals surface area contributed by atoms with Crippen LogP contribution in [0.3, 0.4) is 0 Å². The number of amides is 2. The maximum absolute atomic E-state index is 12.8. The van der Waals surface area contributed by atoms with Gasteiger partial charge >= 0.3 is 0 Å². The van der Waals surface area contributed by atoms with Crippen LogP contribution >= 0.6 is 0 Å². The first-order valence-corrected chi connectivity index (χ1v) is 17.4. The molecule has 1 atom stereocenters. The molecule has 7 nitrogen and oxygen atoms in total. The minimum atomic E-state index is -0.115. The lowest BCUT2D eigenvalue weighted by Crippen LogP contribution is -2.27. The molecule has 7 heteroatoms. The Hall–Kier alpha value is -5.82. The Morgan fingerprint density at radius 3 is 1.86 bits per heavy atom. The number of rotatable bonds is 6. The van der Waals surface area contributed by atoms with Crippen molar-refractivity contribution in [3.05, 3.63) is 143 Å². The van der Waals surface area contributed by atoms with Crippen LogP contribution in [0, 0.1) is 13.8 Å². The topological polar surface area (TPSA) is 103 Å². The highest BCUT2D eigenvalue weighted by Crippen LogP contribution is 2.35. The zero-order chi connectivity index (χ0) is 36.9. The average Bonchev–Trinajstić information content (AvgIpc) is 3.61. The van der Waals surface area contributed by atoms with Gasteiger partial charge in [0.05, 0.1) is 6.04 Å². The highest BCUT2D eigenvalue weighted by atomic mass is 16.7. The summed E-state index contributed by atoms with van der Waals surface area (Å²) in [5.74, 6) is 1.80. The van der Waals surface area contributed by atoms with Gasteiger partial charge in [0.25, 0.3) is 5.91 Å². The van der Waals surface area contributed by atoms with Crippen molar-refractivity contribution in [3.8, 4) is 11.5 Å². The van der Waals surface area contributed by atoms with E-state index in [0.29, 0.717) is 35.1 Å². The summed E-state index contributed by atoms with van der Waals surface area (Å²) in [6.07, 6.45) is 0.641. The van der Waals surface area contributed by atoms with E-state index in [2.05, 4.69) is 91.2 Å². The first kappa shape index (κ1) is 38.0. The molecule has 264 valence electrons. The number of nitrogens with two attached hydrogens (primary N) is 1. The first-order chi connectivity index (χ1) is 24.7. The third kappa shape index (κ3) is 9.67. The molecule has 0 bridgehead atoms. The maximum atomic E-state index is 12.8. The fourth-order valence-corrected chi connectivity index (χ4v) is 5.88. The molecule has 0 aromatic heterocycles. The quantitative estimate of drug-likeness (QED) is 0.120. The second-order valence-corrected chi connectivity index (χ2v) is 12.3. The largest absolute Gasteiger partial charge is 0.454 e. The molecule has 2 amide bonds. The van der Waals surface area contributed by atoms with Gasteiger partial charge in [0.15, 0.2) is 11.5 Å². The minimum absolute atomic E-state index is 0.108. The summed E-state index contributed by atoms with van der Waals surface area (Å²) in [4.78, 5) is 22.9. The van der Waals surface area contributed by atoms with E-state index >= 15 is 0 Å². The van der Waals surface area contributed by atoms with Crippen LogP contribution in [0.1, 0.15) is 79.2 Å². The third-order valence-electron chi connectivity index (χ3n) is 8.52. The number of anilines is 2. The van der Waals surface area contributed by atoms with E-state index in [0.717, 1.165) is 27.8 Å². The zero-order valence-electron chi connectivity index (χ0n) is 30.6. The van der Waals surface area contributed by atoms with Gasteiger partial charge in [0.2, 0.25) is 13.2 Å². The molecule has 0 spiro atoms. The number of hydrogen-bond donors (Lipinski definition) is 3. The molecular weight excluding hydrogens is 635 g/mol. The molecule has 4 N–H and O–H groups in total. The second kappa shape index (κ2) is 18.3. The number of fused-ring (bicyclic) bond motifs is 3. The molecule has 0 radical (unpaired) electrons. The second-order valence-electron chi connectivity index (χ2n) is 12.3. The van der Waals surface area contributed by atoms with Gasteiger partial charge in [0.1, 0.15) is 0 Å². The Morgan fingerprint density at radius 2 is 1.25 bits per heavy atom. The van der Waals surface area contributed by atoms with E-state index in [-0.39, 0.29) is 18.7 Å². The summed E-state index contributed by atoms with van der Waals surface area (Å²) >= 11 is 0. The van der Waals surface area contributed by atoms with Gasteiger partial charge in [0, 0.05) is 16.9 Å². The molecule has 6 aromatic rings. The summed E-state index contributed by atoms with van der Waals surface area (Å²) in [7, 11) is 0. The van der Waals surface area contributed by atoms with Crippen molar-refractivity contribution < 1.29 is 19.1 Å². The van der Waals surface area contributed by atoms with Crippen molar-refractivity contribution in [2.45, 2.75) is 60.4 Å². The van der Waals surface area contributed by atoms with Crippen LogP contribution in [0.15, 0.2) is 115 Å². The van der Waals surface area contributed by atoms with Crippen molar-refractivity contribution in [3.63, 3.8) is 0 Å². The number of ether oxygens (including phenoxy) is 2. The Bertz CT molecular complexity index is 2080. The molecule has 0 saturated heterocycles. The Labute approximate surface area is 301 Å². The molecule has 51 heavy (non-hydrogen) atoms. The summed E-state index contributed by atoms with van der Waals surface area (Å²) in [6, 6.07) is 38.3. The number of aryl methyl sites for hydroxylation is 2. The normalized spacial score (nSPS) is 11.6.